The van der Waals surface area contributed by atoms with Gasteiger partial charge >= 0.3 is 0 Å². The summed E-state index contributed by atoms with van der Waals surface area (Å²) >= 11 is -1.10. The first-order valence-corrected chi connectivity index (χ1v) is 6.72. The lowest BCUT2D eigenvalue weighted by atomic mass is 9.88. The number of hydrogen-bond acceptors (Lipinski definition) is 2. The van der Waals surface area contributed by atoms with Crippen molar-refractivity contribution in [3.05, 3.63) is 34.4 Å². The first-order chi connectivity index (χ1) is 7.33. The molecule has 0 saturated carbocycles. The van der Waals surface area contributed by atoms with E-state index in [0.29, 0.717) is 12.4 Å². The Balaban J connectivity index is 2.06. The molecular formula is C12H14O2S. The third kappa shape index (κ3) is 1.74. The van der Waals surface area contributed by atoms with E-state index in [1.165, 1.54) is 47.9 Å². The molecule has 3 heteroatoms. The van der Waals surface area contributed by atoms with Crippen LogP contribution in [0, 0.1) is 0 Å². The molecule has 3 rings (SSSR count). The number of aryl methyl sites for hydroxylation is 2. The fraction of sp³-hybridized carbons (Fsp3) is 0.500. The Bertz CT molecular complexity index is 426. The van der Waals surface area contributed by atoms with Gasteiger partial charge < -0.3 is 0 Å². The van der Waals surface area contributed by atoms with Gasteiger partial charge in [-0.25, -0.2) is 4.21 Å². The average molecular weight is 222 g/mol. The van der Waals surface area contributed by atoms with Crippen LogP contribution in [-0.4, -0.2) is 4.21 Å². The van der Waals surface area contributed by atoms with E-state index in [9.17, 15) is 4.21 Å². The maximum absolute atomic E-state index is 11.3. The van der Waals surface area contributed by atoms with Gasteiger partial charge in [0.05, 0.1) is 12.4 Å². The van der Waals surface area contributed by atoms with Gasteiger partial charge in [-0.3, -0.25) is 4.18 Å². The molecule has 1 aliphatic heterocycles. The lowest BCUT2D eigenvalue weighted by Gasteiger charge is -2.22. The third-order valence-electron chi connectivity index (χ3n) is 3.28. The quantitative estimate of drug-likeness (QED) is 0.673. The van der Waals surface area contributed by atoms with Crippen molar-refractivity contribution >= 4 is 11.1 Å². The van der Waals surface area contributed by atoms with E-state index in [0.717, 1.165) is 0 Å². The minimum atomic E-state index is -1.10. The van der Waals surface area contributed by atoms with Crippen molar-refractivity contribution in [3.8, 4) is 0 Å². The fourth-order valence-corrected chi connectivity index (χ4v) is 3.32. The zero-order valence-electron chi connectivity index (χ0n) is 8.62. The van der Waals surface area contributed by atoms with Gasteiger partial charge in [-0.15, -0.1) is 0 Å². The molecule has 2 aliphatic rings. The van der Waals surface area contributed by atoms with Crippen molar-refractivity contribution in [2.75, 3.05) is 0 Å². The van der Waals surface area contributed by atoms with Gasteiger partial charge in [-0.1, -0.05) is 12.1 Å². The van der Waals surface area contributed by atoms with Gasteiger partial charge in [-0.05, 0) is 47.9 Å². The molecule has 1 aromatic carbocycles. The van der Waals surface area contributed by atoms with Gasteiger partial charge in [0.25, 0.3) is 0 Å². The Morgan fingerprint density at radius 2 is 1.67 bits per heavy atom. The van der Waals surface area contributed by atoms with Crippen molar-refractivity contribution in [2.45, 2.75) is 38.0 Å². The molecule has 0 N–H and O–H groups in total. The van der Waals surface area contributed by atoms with Gasteiger partial charge in [0.1, 0.15) is 0 Å². The maximum Gasteiger partial charge on any atom is 0.160 e. The second-order valence-electron chi connectivity index (χ2n) is 4.31. The van der Waals surface area contributed by atoms with Gasteiger partial charge in [0.2, 0.25) is 0 Å². The molecule has 1 aromatic rings. The van der Waals surface area contributed by atoms with Gasteiger partial charge in [0.15, 0.2) is 11.1 Å². The normalized spacial score (nSPS) is 24.4. The topological polar surface area (TPSA) is 26.3 Å². The summed E-state index contributed by atoms with van der Waals surface area (Å²) < 4.78 is 16.5. The van der Waals surface area contributed by atoms with Crippen LogP contribution in [0.15, 0.2) is 12.1 Å². The summed E-state index contributed by atoms with van der Waals surface area (Å²) in [5, 5.41) is 0. The molecule has 1 aliphatic carbocycles. The minimum absolute atomic E-state index is 0.523. The number of hydrogen-bond donors (Lipinski definition) is 0. The molecule has 1 heterocycles. The molecule has 1 unspecified atom stereocenters. The molecule has 2 nitrogen and oxygen atoms in total. The smallest absolute Gasteiger partial charge is 0.160 e. The zero-order valence-corrected chi connectivity index (χ0v) is 9.44. The first-order valence-electron chi connectivity index (χ1n) is 5.48. The molecule has 80 valence electrons. The van der Waals surface area contributed by atoms with Crippen molar-refractivity contribution < 1.29 is 8.39 Å². The number of fused-ring (bicyclic) bond motifs is 2. The lowest BCUT2D eigenvalue weighted by molar-refractivity contribution is 0.327. The highest BCUT2D eigenvalue weighted by Gasteiger charge is 2.19. The standard InChI is InChI=1S/C12H14O2S/c13-15-8-12-6-10-4-2-1-3-9(10)5-11(12)7-14-15/h5-6H,1-4,7-8H2. The molecule has 0 amide bonds. The largest absolute Gasteiger partial charge is 0.285 e. The maximum atomic E-state index is 11.3. The minimum Gasteiger partial charge on any atom is -0.285 e. The molecule has 0 saturated heterocycles. The molecule has 1 atom stereocenters. The van der Waals surface area contributed by atoms with E-state index in [1.807, 2.05) is 0 Å². The van der Waals surface area contributed by atoms with Crippen LogP contribution >= 0.6 is 0 Å². The van der Waals surface area contributed by atoms with Crippen LogP contribution in [-0.2, 0) is 40.5 Å². The Kier molecular flexibility index (Phi) is 2.37. The van der Waals surface area contributed by atoms with Crippen LogP contribution in [0.1, 0.15) is 35.1 Å². The van der Waals surface area contributed by atoms with Crippen LogP contribution in [0.4, 0.5) is 0 Å². The fourth-order valence-electron chi connectivity index (χ4n) is 2.45. The van der Waals surface area contributed by atoms with Crippen molar-refractivity contribution in [2.24, 2.45) is 0 Å². The summed E-state index contributed by atoms with van der Waals surface area (Å²) in [6.45, 7) is 0.523. The molecule has 0 bridgehead atoms. The Hall–Kier alpha value is -0.670. The van der Waals surface area contributed by atoms with E-state index in [1.54, 1.807) is 0 Å². The van der Waals surface area contributed by atoms with Crippen LogP contribution in [0.25, 0.3) is 0 Å². The van der Waals surface area contributed by atoms with Crippen molar-refractivity contribution in [3.63, 3.8) is 0 Å². The van der Waals surface area contributed by atoms with E-state index in [2.05, 4.69) is 12.1 Å². The highest BCUT2D eigenvalue weighted by Crippen LogP contribution is 2.28. The van der Waals surface area contributed by atoms with Gasteiger partial charge in [-0.2, -0.15) is 0 Å². The van der Waals surface area contributed by atoms with Crippen LogP contribution in [0.2, 0.25) is 0 Å². The summed E-state index contributed by atoms with van der Waals surface area (Å²) in [5.41, 5.74) is 5.44. The van der Waals surface area contributed by atoms with Crippen LogP contribution < -0.4 is 0 Å². The number of benzene rings is 1. The van der Waals surface area contributed by atoms with E-state index < -0.39 is 11.1 Å². The van der Waals surface area contributed by atoms with Crippen LogP contribution in [0.3, 0.4) is 0 Å². The molecular weight excluding hydrogens is 208 g/mol. The van der Waals surface area contributed by atoms with E-state index in [-0.39, 0.29) is 0 Å². The summed E-state index contributed by atoms with van der Waals surface area (Å²) in [4.78, 5) is 0. The summed E-state index contributed by atoms with van der Waals surface area (Å²) in [6, 6.07) is 4.52. The Labute approximate surface area is 92.3 Å². The third-order valence-corrected chi connectivity index (χ3v) is 4.21. The molecule has 15 heavy (non-hydrogen) atoms. The average Bonchev–Trinajstić information content (AvgIpc) is 2.26. The molecule has 0 spiro atoms. The first kappa shape index (κ1) is 9.55. The van der Waals surface area contributed by atoms with E-state index >= 15 is 0 Å². The lowest BCUT2D eigenvalue weighted by Crippen LogP contribution is -2.14. The Morgan fingerprint density at radius 1 is 1.00 bits per heavy atom. The van der Waals surface area contributed by atoms with Gasteiger partial charge in [0, 0.05) is 0 Å². The zero-order chi connectivity index (χ0) is 10.3. The molecule has 0 radical (unpaired) electrons. The number of rotatable bonds is 0. The van der Waals surface area contributed by atoms with E-state index in [4.69, 9.17) is 4.18 Å². The predicted molar refractivity (Wildman–Crippen MR) is 59.7 cm³/mol. The SMILES string of the molecule is O=S1Cc2cc3c(cc2CO1)CCCC3. The van der Waals surface area contributed by atoms with Crippen molar-refractivity contribution in [1.29, 1.82) is 0 Å². The summed E-state index contributed by atoms with van der Waals surface area (Å²) in [7, 11) is 0. The highest BCUT2D eigenvalue weighted by molar-refractivity contribution is 7.79. The molecule has 0 fully saturated rings. The summed E-state index contributed by atoms with van der Waals surface area (Å²) in [5.74, 6) is 0.572. The second-order valence-corrected chi connectivity index (χ2v) is 5.44. The predicted octanol–water partition coefficient (Wildman–Crippen LogP) is 2.26. The molecule has 0 aromatic heterocycles. The highest BCUT2D eigenvalue weighted by atomic mass is 32.2. The van der Waals surface area contributed by atoms with Crippen molar-refractivity contribution in [1.82, 2.24) is 0 Å². The monoisotopic (exact) mass is 222 g/mol. The Morgan fingerprint density at radius 3 is 2.40 bits per heavy atom. The second kappa shape index (κ2) is 3.72. The summed E-state index contributed by atoms with van der Waals surface area (Å²) in [6.07, 6.45) is 4.99. The van der Waals surface area contributed by atoms with Crippen LogP contribution in [0.5, 0.6) is 0 Å².